The van der Waals surface area contributed by atoms with Crippen LogP contribution in [0.4, 0.5) is 11.5 Å². The summed E-state index contributed by atoms with van der Waals surface area (Å²) in [6.07, 6.45) is 2.69. The van der Waals surface area contributed by atoms with E-state index in [4.69, 9.17) is 0 Å². The van der Waals surface area contributed by atoms with Crippen molar-refractivity contribution in [2.24, 2.45) is 5.92 Å². The number of pyridine rings is 1. The van der Waals surface area contributed by atoms with E-state index in [1.165, 1.54) is 6.07 Å². The van der Waals surface area contributed by atoms with Gasteiger partial charge in [-0.1, -0.05) is 0 Å². The van der Waals surface area contributed by atoms with Crippen LogP contribution in [0.1, 0.15) is 6.42 Å². The van der Waals surface area contributed by atoms with Gasteiger partial charge in [-0.05, 0) is 32.0 Å². The van der Waals surface area contributed by atoms with Gasteiger partial charge in [-0.25, -0.2) is 4.98 Å². The molecule has 1 saturated heterocycles. The Morgan fingerprint density at radius 3 is 3.18 bits per heavy atom. The predicted molar refractivity (Wildman–Crippen MR) is 65.0 cm³/mol. The minimum atomic E-state index is -0.407. The average molecular weight is 236 g/mol. The van der Waals surface area contributed by atoms with Crippen LogP contribution >= 0.6 is 0 Å². The largest absolute Gasteiger partial charge is 0.364 e. The molecular weight excluding hydrogens is 220 g/mol. The maximum Gasteiger partial charge on any atom is 0.311 e. The molecule has 0 saturated carbocycles. The first kappa shape index (κ1) is 11.8. The summed E-state index contributed by atoms with van der Waals surface area (Å²) >= 11 is 0. The Bertz CT molecular complexity index is 410. The molecule has 0 radical (unpaired) electrons. The number of hydrogen-bond acceptors (Lipinski definition) is 5. The summed E-state index contributed by atoms with van der Waals surface area (Å²) < 4.78 is 0. The van der Waals surface area contributed by atoms with Crippen LogP contribution in [0.3, 0.4) is 0 Å². The van der Waals surface area contributed by atoms with Gasteiger partial charge >= 0.3 is 5.69 Å². The molecule has 2 heterocycles. The smallest absolute Gasteiger partial charge is 0.311 e. The first-order valence-corrected chi connectivity index (χ1v) is 5.68. The van der Waals surface area contributed by atoms with Crippen molar-refractivity contribution in [1.29, 1.82) is 0 Å². The summed E-state index contributed by atoms with van der Waals surface area (Å²) in [7, 11) is 2.09. The van der Waals surface area contributed by atoms with Crippen molar-refractivity contribution in [1.82, 2.24) is 9.88 Å². The number of aromatic nitrogens is 1. The van der Waals surface area contributed by atoms with Crippen molar-refractivity contribution in [2.45, 2.75) is 6.42 Å². The number of nitrogens with one attached hydrogen (secondary N) is 1. The van der Waals surface area contributed by atoms with E-state index >= 15 is 0 Å². The van der Waals surface area contributed by atoms with Gasteiger partial charge in [-0.15, -0.1) is 0 Å². The van der Waals surface area contributed by atoms with Crippen molar-refractivity contribution in [3.8, 4) is 0 Å². The number of nitro groups is 1. The molecule has 92 valence electrons. The maximum absolute atomic E-state index is 10.8. The standard InChI is InChI=1S/C11H16N4O2/c1-14-6-4-9(8-14)7-13-11-10(15(16)17)3-2-5-12-11/h2-3,5,9H,4,6-8H2,1H3,(H,12,13). The highest BCUT2D eigenvalue weighted by Gasteiger charge is 2.21. The molecule has 1 aliphatic heterocycles. The van der Waals surface area contributed by atoms with Crippen molar-refractivity contribution in [3.63, 3.8) is 0 Å². The van der Waals surface area contributed by atoms with Gasteiger partial charge in [0.05, 0.1) is 4.92 Å². The molecule has 6 heteroatoms. The topological polar surface area (TPSA) is 71.3 Å². The summed E-state index contributed by atoms with van der Waals surface area (Å²) in [5, 5.41) is 13.9. The molecule has 0 spiro atoms. The maximum atomic E-state index is 10.8. The van der Waals surface area contributed by atoms with Crippen LogP contribution in [0.2, 0.25) is 0 Å². The summed E-state index contributed by atoms with van der Waals surface area (Å²) in [6.45, 7) is 2.87. The van der Waals surface area contributed by atoms with Crippen molar-refractivity contribution < 1.29 is 4.92 Å². The highest BCUT2D eigenvalue weighted by Crippen LogP contribution is 2.22. The average Bonchev–Trinajstić information content (AvgIpc) is 2.73. The highest BCUT2D eigenvalue weighted by atomic mass is 16.6. The van der Waals surface area contributed by atoms with Crippen molar-refractivity contribution >= 4 is 11.5 Å². The Labute approximate surface area is 99.8 Å². The zero-order chi connectivity index (χ0) is 12.3. The summed E-state index contributed by atoms with van der Waals surface area (Å²) in [4.78, 5) is 16.7. The third kappa shape index (κ3) is 2.91. The van der Waals surface area contributed by atoms with Crippen LogP contribution in [0.5, 0.6) is 0 Å². The second-order valence-electron chi connectivity index (χ2n) is 4.43. The van der Waals surface area contributed by atoms with Gasteiger partial charge in [0, 0.05) is 25.4 Å². The zero-order valence-corrected chi connectivity index (χ0v) is 9.80. The molecule has 2 rings (SSSR count). The van der Waals surface area contributed by atoms with Gasteiger partial charge in [0.25, 0.3) is 0 Å². The minimum Gasteiger partial charge on any atom is -0.364 e. The fourth-order valence-corrected chi connectivity index (χ4v) is 2.11. The lowest BCUT2D eigenvalue weighted by Gasteiger charge is -2.11. The Hall–Kier alpha value is -1.69. The van der Waals surface area contributed by atoms with Crippen molar-refractivity contribution in [2.75, 3.05) is 32.0 Å². The lowest BCUT2D eigenvalue weighted by molar-refractivity contribution is -0.384. The normalized spacial score (nSPS) is 20.4. The van der Waals surface area contributed by atoms with Crippen LogP contribution in [0.15, 0.2) is 18.3 Å². The molecule has 0 amide bonds. The van der Waals surface area contributed by atoms with E-state index in [1.54, 1.807) is 12.3 Å². The molecule has 6 nitrogen and oxygen atoms in total. The molecule has 1 aromatic rings. The van der Waals surface area contributed by atoms with E-state index in [0.717, 1.165) is 26.1 Å². The molecular formula is C11H16N4O2. The Balaban J connectivity index is 1.97. The quantitative estimate of drug-likeness (QED) is 0.631. The second-order valence-corrected chi connectivity index (χ2v) is 4.43. The second kappa shape index (κ2) is 5.09. The molecule has 1 aromatic heterocycles. The zero-order valence-electron chi connectivity index (χ0n) is 9.80. The Morgan fingerprint density at radius 2 is 2.53 bits per heavy atom. The number of nitrogens with zero attached hydrogens (tertiary/aromatic N) is 3. The van der Waals surface area contributed by atoms with Crippen LogP contribution in [-0.2, 0) is 0 Å². The molecule has 1 aliphatic rings. The van der Waals surface area contributed by atoms with Crippen LogP contribution in [-0.4, -0.2) is 41.5 Å². The fraction of sp³-hybridized carbons (Fsp3) is 0.545. The van der Waals surface area contributed by atoms with E-state index in [1.807, 2.05) is 0 Å². The number of rotatable bonds is 4. The minimum absolute atomic E-state index is 0.0406. The first-order valence-electron chi connectivity index (χ1n) is 5.68. The van der Waals surface area contributed by atoms with E-state index in [9.17, 15) is 10.1 Å². The SMILES string of the molecule is CN1CCC(CNc2ncccc2[N+](=O)[O-])C1. The van der Waals surface area contributed by atoms with E-state index in [2.05, 4.69) is 22.2 Å². The summed E-state index contributed by atoms with van der Waals surface area (Å²) in [5.74, 6) is 0.911. The molecule has 0 aromatic carbocycles. The van der Waals surface area contributed by atoms with Gasteiger partial charge in [0.15, 0.2) is 0 Å². The molecule has 17 heavy (non-hydrogen) atoms. The number of anilines is 1. The number of hydrogen-bond donors (Lipinski definition) is 1. The Kier molecular flexibility index (Phi) is 3.53. The third-order valence-corrected chi connectivity index (χ3v) is 3.03. The molecule has 1 fully saturated rings. The third-order valence-electron chi connectivity index (χ3n) is 3.03. The summed E-state index contributed by atoms with van der Waals surface area (Å²) in [6, 6.07) is 3.04. The fourth-order valence-electron chi connectivity index (χ4n) is 2.11. The van der Waals surface area contributed by atoms with Gasteiger partial charge in [-0.2, -0.15) is 0 Å². The monoisotopic (exact) mass is 236 g/mol. The van der Waals surface area contributed by atoms with Crippen LogP contribution < -0.4 is 5.32 Å². The first-order chi connectivity index (χ1) is 8.16. The van der Waals surface area contributed by atoms with Gasteiger partial charge in [0.2, 0.25) is 5.82 Å². The molecule has 0 aliphatic carbocycles. The number of likely N-dealkylation sites (tertiary alicyclic amines) is 1. The highest BCUT2D eigenvalue weighted by molar-refractivity contribution is 5.55. The molecule has 1 unspecified atom stereocenters. The van der Waals surface area contributed by atoms with Crippen LogP contribution in [0, 0.1) is 16.0 Å². The lowest BCUT2D eigenvalue weighted by atomic mass is 10.1. The molecule has 1 N–H and O–H groups in total. The van der Waals surface area contributed by atoms with E-state index < -0.39 is 4.92 Å². The van der Waals surface area contributed by atoms with E-state index in [0.29, 0.717) is 11.7 Å². The Morgan fingerprint density at radius 1 is 1.71 bits per heavy atom. The van der Waals surface area contributed by atoms with Gasteiger partial charge < -0.3 is 10.2 Å². The van der Waals surface area contributed by atoms with Gasteiger partial charge in [-0.3, -0.25) is 10.1 Å². The lowest BCUT2D eigenvalue weighted by Crippen LogP contribution is -2.19. The van der Waals surface area contributed by atoms with Crippen molar-refractivity contribution in [3.05, 3.63) is 28.4 Å². The van der Waals surface area contributed by atoms with E-state index in [-0.39, 0.29) is 5.69 Å². The molecule has 1 atom stereocenters. The van der Waals surface area contributed by atoms with Crippen LogP contribution in [0.25, 0.3) is 0 Å². The van der Waals surface area contributed by atoms with Gasteiger partial charge in [0.1, 0.15) is 0 Å². The molecule has 0 bridgehead atoms. The predicted octanol–water partition coefficient (Wildman–Crippen LogP) is 1.35. The summed E-state index contributed by atoms with van der Waals surface area (Å²) in [5.41, 5.74) is 0.0406.